The van der Waals surface area contributed by atoms with Gasteiger partial charge < -0.3 is 9.84 Å². The first kappa shape index (κ1) is 15.6. The van der Waals surface area contributed by atoms with Gasteiger partial charge in [-0.1, -0.05) is 29.8 Å². The fourth-order valence-electron chi connectivity index (χ4n) is 2.73. The summed E-state index contributed by atoms with van der Waals surface area (Å²) in [5.41, 5.74) is 6.83. The third-order valence-corrected chi connectivity index (χ3v) is 4.09. The second-order valence-electron chi connectivity index (χ2n) is 5.83. The van der Waals surface area contributed by atoms with E-state index in [2.05, 4.69) is 45.9 Å². The van der Waals surface area contributed by atoms with Crippen molar-refractivity contribution in [1.82, 2.24) is 0 Å². The zero-order valence-corrected chi connectivity index (χ0v) is 13.5. The van der Waals surface area contributed by atoms with E-state index in [4.69, 9.17) is 4.74 Å². The predicted molar refractivity (Wildman–Crippen MR) is 87.0 cm³/mol. The highest BCUT2D eigenvalue weighted by Crippen LogP contribution is 2.28. The molecule has 0 aliphatic carbocycles. The highest BCUT2D eigenvalue weighted by atomic mass is 16.5. The Morgan fingerprint density at radius 3 is 2.29 bits per heavy atom. The molecular weight excluding hydrogens is 260 g/mol. The Hall–Kier alpha value is -1.80. The van der Waals surface area contributed by atoms with Crippen molar-refractivity contribution in [2.75, 3.05) is 7.11 Å². The highest BCUT2D eigenvalue weighted by Gasteiger charge is 2.15. The normalized spacial score (nSPS) is 12.3. The molecule has 0 saturated carbocycles. The number of hydrogen-bond acceptors (Lipinski definition) is 2. The van der Waals surface area contributed by atoms with Gasteiger partial charge in [-0.2, -0.15) is 0 Å². The standard InChI is InChI=1S/C19H24O2/c1-12-6-7-19(21-5)16(8-12)11-18(20)17-10-14(3)13(2)9-15(17)4/h6-10,18,20H,11H2,1-5H3. The van der Waals surface area contributed by atoms with E-state index >= 15 is 0 Å². The molecule has 2 aromatic carbocycles. The van der Waals surface area contributed by atoms with Crippen LogP contribution in [0.4, 0.5) is 0 Å². The molecule has 0 radical (unpaired) electrons. The number of hydrogen-bond donors (Lipinski definition) is 1. The summed E-state index contributed by atoms with van der Waals surface area (Å²) >= 11 is 0. The summed E-state index contributed by atoms with van der Waals surface area (Å²) in [4.78, 5) is 0. The molecule has 0 fully saturated rings. The third kappa shape index (κ3) is 3.45. The Kier molecular flexibility index (Phi) is 4.69. The van der Waals surface area contributed by atoms with Gasteiger partial charge >= 0.3 is 0 Å². The molecule has 1 unspecified atom stereocenters. The van der Waals surface area contributed by atoms with Gasteiger partial charge in [-0.25, -0.2) is 0 Å². The SMILES string of the molecule is COc1ccc(C)cc1CC(O)c1cc(C)c(C)cc1C. The maximum atomic E-state index is 10.6. The average Bonchev–Trinajstić information content (AvgIpc) is 2.43. The number of ether oxygens (including phenoxy) is 1. The topological polar surface area (TPSA) is 29.5 Å². The number of aryl methyl sites for hydroxylation is 4. The Bertz CT molecular complexity index is 644. The lowest BCUT2D eigenvalue weighted by atomic mass is 9.93. The van der Waals surface area contributed by atoms with Crippen LogP contribution in [0.3, 0.4) is 0 Å². The van der Waals surface area contributed by atoms with Crippen molar-refractivity contribution in [1.29, 1.82) is 0 Å². The van der Waals surface area contributed by atoms with Crippen LogP contribution in [0.1, 0.15) is 39.5 Å². The molecule has 0 saturated heterocycles. The van der Waals surface area contributed by atoms with E-state index in [0.717, 1.165) is 22.4 Å². The molecule has 21 heavy (non-hydrogen) atoms. The van der Waals surface area contributed by atoms with Crippen molar-refractivity contribution in [3.05, 3.63) is 63.7 Å². The van der Waals surface area contributed by atoms with Crippen molar-refractivity contribution >= 4 is 0 Å². The van der Waals surface area contributed by atoms with Crippen LogP contribution in [0.2, 0.25) is 0 Å². The minimum Gasteiger partial charge on any atom is -0.496 e. The van der Waals surface area contributed by atoms with Crippen LogP contribution in [0, 0.1) is 27.7 Å². The van der Waals surface area contributed by atoms with Gasteiger partial charge in [-0.3, -0.25) is 0 Å². The second-order valence-corrected chi connectivity index (χ2v) is 5.83. The molecule has 2 heteroatoms. The molecule has 0 amide bonds. The maximum absolute atomic E-state index is 10.6. The lowest BCUT2D eigenvalue weighted by Gasteiger charge is -2.18. The van der Waals surface area contributed by atoms with Crippen molar-refractivity contribution < 1.29 is 9.84 Å². The van der Waals surface area contributed by atoms with E-state index in [1.165, 1.54) is 16.7 Å². The second kappa shape index (κ2) is 6.31. The van der Waals surface area contributed by atoms with Gasteiger partial charge in [0.2, 0.25) is 0 Å². The van der Waals surface area contributed by atoms with Gasteiger partial charge in [0, 0.05) is 6.42 Å². The summed E-state index contributed by atoms with van der Waals surface area (Å²) in [5.74, 6) is 0.834. The van der Waals surface area contributed by atoms with Gasteiger partial charge in [-0.15, -0.1) is 0 Å². The van der Waals surface area contributed by atoms with E-state index in [-0.39, 0.29) is 0 Å². The molecule has 112 valence electrons. The number of rotatable bonds is 4. The third-order valence-electron chi connectivity index (χ3n) is 4.09. The fraction of sp³-hybridized carbons (Fsp3) is 0.368. The average molecular weight is 284 g/mol. The van der Waals surface area contributed by atoms with Crippen LogP contribution in [0.25, 0.3) is 0 Å². The minimum atomic E-state index is -0.514. The molecule has 2 rings (SSSR count). The summed E-state index contributed by atoms with van der Waals surface area (Å²) < 4.78 is 5.40. The van der Waals surface area contributed by atoms with Gasteiger partial charge in [0.1, 0.15) is 5.75 Å². The summed E-state index contributed by atoms with van der Waals surface area (Å²) in [7, 11) is 1.67. The largest absolute Gasteiger partial charge is 0.496 e. The first-order valence-corrected chi connectivity index (χ1v) is 7.31. The summed E-state index contributed by atoms with van der Waals surface area (Å²) in [6.45, 7) is 8.29. The molecular formula is C19H24O2. The van der Waals surface area contributed by atoms with Crippen molar-refractivity contribution in [3.63, 3.8) is 0 Å². The zero-order chi connectivity index (χ0) is 15.6. The van der Waals surface area contributed by atoms with Crippen LogP contribution >= 0.6 is 0 Å². The molecule has 0 bridgehead atoms. The van der Waals surface area contributed by atoms with E-state index < -0.39 is 6.10 Å². The Labute approximate surface area is 127 Å². The van der Waals surface area contributed by atoms with Gasteiger partial charge in [-0.05, 0) is 61.6 Å². The van der Waals surface area contributed by atoms with E-state index in [1.54, 1.807) is 7.11 Å². The smallest absolute Gasteiger partial charge is 0.122 e. The van der Waals surface area contributed by atoms with E-state index in [1.807, 2.05) is 12.1 Å². The van der Waals surface area contributed by atoms with Crippen LogP contribution in [-0.2, 0) is 6.42 Å². The van der Waals surface area contributed by atoms with Crippen LogP contribution in [-0.4, -0.2) is 12.2 Å². The number of aliphatic hydroxyl groups excluding tert-OH is 1. The Morgan fingerprint density at radius 2 is 1.62 bits per heavy atom. The zero-order valence-electron chi connectivity index (χ0n) is 13.5. The van der Waals surface area contributed by atoms with E-state index in [0.29, 0.717) is 6.42 Å². The molecule has 0 aliphatic rings. The number of benzene rings is 2. The fourth-order valence-corrected chi connectivity index (χ4v) is 2.73. The molecule has 0 aliphatic heterocycles. The monoisotopic (exact) mass is 284 g/mol. The Morgan fingerprint density at radius 1 is 0.952 bits per heavy atom. The van der Waals surface area contributed by atoms with Crippen LogP contribution in [0.5, 0.6) is 5.75 Å². The molecule has 0 spiro atoms. The lowest BCUT2D eigenvalue weighted by molar-refractivity contribution is 0.176. The van der Waals surface area contributed by atoms with Crippen molar-refractivity contribution in [2.24, 2.45) is 0 Å². The van der Waals surface area contributed by atoms with Gasteiger partial charge in [0.05, 0.1) is 13.2 Å². The molecule has 1 N–H and O–H groups in total. The molecule has 0 aromatic heterocycles. The molecule has 1 atom stereocenters. The van der Waals surface area contributed by atoms with Crippen molar-refractivity contribution in [2.45, 2.75) is 40.2 Å². The first-order chi connectivity index (χ1) is 9.92. The summed E-state index contributed by atoms with van der Waals surface area (Å²) in [6.07, 6.45) is 0.0498. The highest BCUT2D eigenvalue weighted by molar-refractivity contribution is 5.41. The number of methoxy groups -OCH3 is 1. The lowest BCUT2D eigenvalue weighted by Crippen LogP contribution is -2.06. The van der Waals surface area contributed by atoms with Gasteiger partial charge in [0.25, 0.3) is 0 Å². The molecule has 2 nitrogen and oxygen atoms in total. The van der Waals surface area contributed by atoms with E-state index in [9.17, 15) is 5.11 Å². The van der Waals surface area contributed by atoms with Crippen molar-refractivity contribution in [3.8, 4) is 5.75 Å². The first-order valence-electron chi connectivity index (χ1n) is 7.31. The van der Waals surface area contributed by atoms with Crippen LogP contribution in [0.15, 0.2) is 30.3 Å². The minimum absolute atomic E-state index is 0.514. The quantitative estimate of drug-likeness (QED) is 0.911. The van der Waals surface area contributed by atoms with Crippen LogP contribution < -0.4 is 4.74 Å². The summed E-state index contributed by atoms with van der Waals surface area (Å²) in [5, 5.41) is 10.6. The number of aliphatic hydroxyl groups is 1. The van der Waals surface area contributed by atoms with Gasteiger partial charge in [0.15, 0.2) is 0 Å². The molecule has 0 heterocycles. The maximum Gasteiger partial charge on any atom is 0.122 e. The molecule has 2 aromatic rings. The Balaban J connectivity index is 2.32. The summed E-state index contributed by atoms with van der Waals surface area (Å²) in [6, 6.07) is 10.3. The predicted octanol–water partition coefficient (Wildman–Crippen LogP) is 4.20.